The summed E-state index contributed by atoms with van der Waals surface area (Å²) in [6.07, 6.45) is 1.12. The van der Waals surface area contributed by atoms with Gasteiger partial charge in [-0.05, 0) is 24.6 Å². The highest BCUT2D eigenvalue weighted by atomic mass is 16.5. The molecule has 2 heterocycles. The van der Waals surface area contributed by atoms with Crippen molar-refractivity contribution in [1.29, 1.82) is 0 Å². The first kappa shape index (κ1) is 13.4. The number of phenolic OH excluding ortho intramolecular Hbond substituents is 1. The number of ether oxygens (including phenoxy) is 1. The van der Waals surface area contributed by atoms with E-state index >= 15 is 0 Å². The van der Waals surface area contributed by atoms with E-state index in [0.29, 0.717) is 36.5 Å². The molecule has 1 unspecified atom stereocenters. The van der Waals surface area contributed by atoms with Crippen molar-refractivity contribution in [1.82, 2.24) is 14.8 Å². The van der Waals surface area contributed by atoms with E-state index in [1.165, 1.54) is 13.2 Å². The number of methoxy groups -OCH3 is 1. The lowest BCUT2D eigenvalue weighted by atomic mass is 9.99. The van der Waals surface area contributed by atoms with Gasteiger partial charge in [0.05, 0.1) is 18.6 Å². The first-order valence-corrected chi connectivity index (χ1v) is 6.62. The summed E-state index contributed by atoms with van der Waals surface area (Å²) in [5.74, 6) is 0.571. The summed E-state index contributed by atoms with van der Waals surface area (Å²) in [6, 6.07) is 4.83. The lowest BCUT2D eigenvalue weighted by molar-refractivity contribution is -0.142. The lowest BCUT2D eigenvalue weighted by Crippen LogP contribution is -2.27. The minimum absolute atomic E-state index is 0.0587. The third-order valence-electron chi connectivity index (χ3n) is 3.74. The van der Waals surface area contributed by atoms with E-state index in [4.69, 9.17) is 4.74 Å². The number of nitrogens with zero attached hydrogens (tertiary/aromatic N) is 3. The van der Waals surface area contributed by atoms with Gasteiger partial charge in [0, 0.05) is 13.0 Å². The first-order chi connectivity index (χ1) is 10.1. The standard InChI is InChI=1S/C14H15N3O4/c1-21-9-3-4-11(18)10(6-9)13-16-15-12-5-2-8(14(19)20)7-17(12)13/h3-4,6,8,18H,2,5,7H2,1H3,(H,19,20). The highest BCUT2D eigenvalue weighted by Crippen LogP contribution is 2.33. The second-order valence-electron chi connectivity index (χ2n) is 5.01. The SMILES string of the molecule is COc1ccc(O)c(-c2nnc3n2CC(C(=O)O)CC3)c1. The molecule has 0 aliphatic carbocycles. The number of carboxylic acids is 1. The number of aryl methyl sites for hydroxylation is 1. The molecule has 0 bridgehead atoms. The van der Waals surface area contributed by atoms with E-state index < -0.39 is 11.9 Å². The number of aromatic hydroxyl groups is 1. The number of aliphatic carboxylic acids is 1. The maximum absolute atomic E-state index is 11.2. The van der Waals surface area contributed by atoms with Crippen molar-refractivity contribution in [2.24, 2.45) is 5.92 Å². The van der Waals surface area contributed by atoms with Crippen molar-refractivity contribution in [3.8, 4) is 22.9 Å². The topological polar surface area (TPSA) is 97.5 Å². The summed E-state index contributed by atoms with van der Waals surface area (Å²) in [5.41, 5.74) is 0.485. The maximum Gasteiger partial charge on any atom is 0.308 e. The van der Waals surface area contributed by atoms with Crippen LogP contribution in [0.1, 0.15) is 12.2 Å². The molecule has 21 heavy (non-hydrogen) atoms. The zero-order valence-electron chi connectivity index (χ0n) is 11.5. The van der Waals surface area contributed by atoms with Crippen molar-refractivity contribution < 1.29 is 19.7 Å². The van der Waals surface area contributed by atoms with Crippen LogP contribution in [0.15, 0.2) is 18.2 Å². The third kappa shape index (κ3) is 2.31. The van der Waals surface area contributed by atoms with E-state index in [-0.39, 0.29) is 5.75 Å². The van der Waals surface area contributed by atoms with Crippen molar-refractivity contribution in [3.63, 3.8) is 0 Å². The smallest absolute Gasteiger partial charge is 0.308 e. The molecule has 1 aromatic heterocycles. The minimum Gasteiger partial charge on any atom is -0.507 e. The Labute approximate surface area is 120 Å². The van der Waals surface area contributed by atoms with Gasteiger partial charge in [0.25, 0.3) is 0 Å². The molecule has 2 N–H and O–H groups in total. The molecule has 0 saturated carbocycles. The number of rotatable bonds is 3. The lowest BCUT2D eigenvalue weighted by Gasteiger charge is -2.21. The van der Waals surface area contributed by atoms with Gasteiger partial charge in [0.2, 0.25) is 0 Å². The van der Waals surface area contributed by atoms with Gasteiger partial charge in [0.15, 0.2) is 5.82 Å². The van der Waals surface area contributed by atoms with Crippen LogP contribution in [0, 0.1) is 5.92 Å². The molecule has 7 nitrogen and oxygen atoms in total. The Balaban J connectivity index is 2.05. The van der Waals surface area contributed by atoms with Crippen LogP contribution in [0.4, 0.5) is 0 Å². The molecule has 1 aliphatic rings. The number of carbonyl (C=O) groups is 1. The zero-order chi connectivity index (χ0) is 15.0. The molecule has 2 aromatic rings. The molecular weight excluding hydrogens is 274 g/mol. The van der Waals surface area contributed by atoms with Crippen molar-refractivity contribution in [2.45, 2.75) is 19.4 Å². The number of phenols is 1. The van der Waals surface area contributed by atoms with Crippen LogP contribution in [0.5, 0.6) is 11.5 Å². The summed E-state index contributed by atoms with van der Waals surface area (Å²) in [4.78, 5) is 11.2. The van der Waals surface area contributed by atoms with Crippen LogP contribution in [0.2, 0.25) is 0 Å². The monoisotopic (exact) mass is 289 g/mol. The molecule has 1 aliphatic heterocycles. The van der Waals surface area contributed by atoms with E-state index in [0.717, 1.165) is 5.82 Å². The normalized spacial score (nSPS) is 17.3. The Morgan fingerprint density at radius 1 is 1.43 bits per heavy atom. The van der Waals surface area contributed by atoms with Gasteiger partial charge < -0.3 is 19.5 Å². The molecule has 0 amide bonds. The van der Waals surface area contributed by atoms with Gasteiger partial charge in [-0.15, -0.1) is 10.2 Å². The van der Waals surface area contributed by atoms with E-state index in [9.17, 15) is 15.0 Å². The summed E-state index contributed by atoms with van der Waals surface area (Å²) in [6.45, 7) is 0.309. The van der Waals surface area contributed by atoms with Crippen molar-refractivity contribution in [2.75, 3.05) is 7.11 Å². The van der Waals surface area contributed by atoms with E-state index in [2.05, 4.69) is 10.2 Å². The molecule has 0 radical (unpaired) electrons. The van der Waals surface area contributed by atoms with Crippen LogP contribution in [-0.4, -0.2) is 38.1 Å². The second-order valence-corrected chi connectivity index (χ2v) is 5.01. The average molecular weight is 289 g/mol. The van der Waals surface area contributed by atoms with Crippen LogP contribution < -0.4 is 4.74 Å². The number of hydrogen-bond donors (Lipinski definition) is 2. The molecule has 0 saturated heterocycles. The molecule has 0 spiro atoms. The highest BCUT2D eigenvalue weighted by Gasteiger charge is 2.28. The quantitative estimate of drug-likeness (QED) is 0.884. The van der Waals surface area contributed by atoms with Crippen LogP contribution in [-0.2, 0) is 17.8 Å². The van der Waals surface area contributed by atoms with Crippen LogP contribution >= 0.6 is 0 Å². The molecular formula is C14H15N3O4. The largest absolute Gasteiger partial charge is 0.507 e. The molecule has 110 valence electrons. The Kier molecular flexibility index (Phi) is 3.25. The number of hydrogen-bond acceptors (Lipinski definition) is 5. The Morgan fingerprint density at radius 2 is 2.24 bits per heavy atom. The van der Waals surface area contributed by atoms with Crippen LogP contribution in [0.25, 0.3) is 11.4 Å². The summed E-state index contributed by atoms with van der Waals surface area (Å²) in [7, 11) is 1.54. The fourth-order valence-electron chi connectivity index (χ4n) is 2.55. The van der Waals surface area contributed by atoms with E-state index in [1.54, 1.807) is 16.7 Å². The fourth-order valence-corrected chi connectivity index (χ4v) is 2.55. The number of fused-ring (bicyclic) bond motifs is 1. The second kappa shape index (κ2) is 5.08. The van der Waals surface area contributed by atoms with Gasteiger partial charge in [-0.1, -0.05) is 0 Å². The highest BCUT2D eigenvalue weighted by molar-refractivity contribution is 5.71. The van der Waals surface area contributed by atoms with E-state index in [1.807, 2.05) is 0 Å². The molecule has 3 rings (SSSR count). The molecule has 1 aromatic carbocycles. The van der Waals surface area contributed by atoms with Crippen molar-refractivity contribution in [3.05, 3.63) is 24.0 Å². The maximum atomic E-state index is 11.2. The minimum atomic E-state index is -0.824. The third-order valence-corrected chi connectivity index (χ3v) is 3.74. The summed E-state index contributed by atoms with van der Waals surface area (Å²) in [5, 5.41) is 27.4. The molecule has 7 heteroatoms. The Bertz CT molecular complexity index is 696. The van der Waals surface area contributed by atoms with Gasteiger partial charge in [-0.25, -0.2) is 0 Å². The van der Waals surface area contributed by atoms with Gasteiger partial charge in [-0.2, -0.15) is 0 Å². The molecule has 0 fully saturated rings. The van der Waals surface area contributed by atoms with Crippen LogP contribution in [0.3, 0.4) is 0 Å². The predicted molar refractivity (Wildman–Crippen MR) is 73.1 cm³/mol. The molecule has 1 atom stereocenters. The first-order valence-electron chi connectivity index (χ1n) is 6.62. The fraction of sp³-hybridized carbons (Fsp3) is 0.357. The Morgan fingerprint density at radius 3 is 2.95 bits per heavy atom. The van der Waals surface area contributed by atoms with Crippen molar-refractivity contribution >= 4 is 5.97 Å². The average Bonchev–Trinajstić information content (AvgIpc) is 2.90. The summed E-state index contributed by atoms with van der Waals surface area (Å²) < 4.78 is 6.91. The summed E-state index contributed by atoms with van der Waals surface area (Å²) >= 11 is 0. The van der Waals surface area contributed by atoms with Gasteiger partial charge >= 0.3 is 5.97 Å². The predicted octanol–water partition coefficient (Wildman–Crippen LogP) is 1.31. The number of benzene rings is 1. The van der Waals surface area contributed by atoms with Gasteiger partial charge in [0.1, 0.15) is 17.3 Å². The Hall–Kier alpha value is -2.57. The van der Waals surface area contributed by atoms with Gasteiger partial charge in [-0.3, -0.25) is 4.79 Å². The zero-order valence-corrected chi connectivity index (χ0v) is 11.5. The number of carboxylic acid groups (broad SMARTS) is 1. The number of aromatic nitrogens is 3.